The molecule has 3 nitrogen and oxygen atoms in total. The van der Waals surface area contributed by atoms with E-state index >= 15 is 0 Å². The molecule has 0 aliphatic heterocycles. The van der Waals surface area contributed by atoms with Crippen molar-refractivity contribution in [1.29, 1.82) is 0 Å². The van der Waals surface area contributed by atoms with Crippen molar-refractivity contribution >= 4 is 22.6 Å². The van der Waals surface area contributed by atoms with Gasteiger partial charge in [0.15, 0.2) is 0 Å². The van der Waals surface area contributed by atoms with E-state index in [-0.39, 0.29) is 5.38 Å². The third-order valence-electron chi connectivity index (χ3n) is 3.35. The molecule has 0 fully saturated rings. The second-order valence-electron chi connectivity index (χ2n) is 5.07. The van der Waals surface area contributed by atoms with Gasteiger partial charge >= 0.3 is 0 Å². The van der Waals surface area contributed by atoms with Crippen LogP contribution in [-0.2, 0) is 0 Å². The van der Waals surface area contributed by atoms with E-state index in [9.17, 15) is 0 Å². The number of hydrogen-bond donors (Lipinski definition) is 0. The highest BCUT2D eigenvalue weighted by Gasteiger charge is 2.21. The van der Waals surface area contributed by atoms with Crippen molar-refractivity contribution in [2.45, 2.75) is 25.3 Å². The Morgan fingerprint density at radius 2 is 1.85 bits per heavy atom. The van der Waals surface area contributed by atoms with Gasteiger partial charge in [0.05, 0.1) is 11.7 Å². The summed E-state index contributed by atoms with van der Waals surface area (Å²) in [6.07, 6.45) is 3.57. The van der Waals surface area contributed by atoms with Crippen molar-refractivity contribution in [2.24, 2.45) is 0 Å². The first-order valence-electron chi connectivity index (χ1n) is 6.69. The van der Waals surface area contributed by atoms with Crippen LogP contribution in [0.4, 0.5) is 0 Å². The number of hydrogen-bond acceptors (Lipinski definition) is 2. The quantitative estimate of drug-likeness (QED) is 0.670. The van der Waals surface area contributed by atoms with E-state index in [1.165, 1.54) is 0 Å². The molecule has 0 saturated heterocycles. The molecule has 1 unspecified atom stereocenters. The lowest BCUT2D eigenvalue weighted by Crippen LogP contribution is -2.09. The summed E-state index contributed by atoms with van der Waals surface area (Å²) in [6, 6.07) is 12.3. The van der Waals surface area contributed by atoms with Gasteiger partial charge in [0, 0.05) is 12.2 Å². The van der Waals surface area contributed by atoms with Crippen LogP contribution < -0.4 is 0 Å². The fraction of sp³-hybridized carbons (Fsp3) is 0.250. The van der Waals surface area contributed by atoms with E-state index in [4.69, 9.17) is 11.6 Å². The molecule has 1 aromatic carbocycles. The molecule has 20 heavy (non-hydrogen) atoms. The number of aromatic nitrogens is 3. The number of pyridine rings is 1. The fourth-order valence-corrected chi connectivity index (χ4v) is 2.76. The van der Waals surface area contributed by atoms with Gasteiger partial charge in [-0.05, 0) is 25.5 Å². The zero-order valence-corrected chi connectivity index (χ0v) is 12.2. The normalized spacial score (nSPS) is 13.0. The molecule has 0 aliphatic carbocycles. The molecule has 0 aliphatic rings. The maximum absolute atomic E-state index is 6.65. The summed E-state index contributed by atoms with van der Waals surface area (Å²) < 4.78 is 2.18. The SMILES string of the molecule is CC(C)n1c(C(Cl)c2ccccc2)nc2cnccc21. The van der Waals surface area contributed by atoms with Crippen LogP contribution in [0.5, 0.6) is 0 Å². The number of imidazole rings is 1. The molecule has 2 heterocycles. The first kappa shape index (κ1) is 13.1. The smallest absolute Gasteiger partial charge is 0.132 e. The molecule has 0 radical (unpaired) electrons. The highest BCUT2D eigenvalue weighted by molar-refractivity contribution is 6.22. The third-order valence-corrected chi connectivity index (χ3v) is 3.80. The summed E-state index contributed by atoms with van der Waals surface area (Å²) in [4.78, 5) is 8.82. The van der Waals surface area contributed by atoms with Crippen molar-refractivity contribution in [3.63, 3.8) is 0 Å². The Bertz CT molecular complexity index is 719. The van der Waals surface area contributed by atoms with Crippen LogP contribution in [0.3, 0.4) is 0 Å². The summed E-state index contributed by atoms with van der Waals surface area (Å²) in [5, 5.41) is -0.258. The van der Waals surface area contributed by atoms with Crippen LogP contribution in [0.2, 0.25) is 0 Å². The lowest BCUT2D eigenvalue weighted by Gasteiger charge is -2.16. The number of rotatable bonds is 3. The molecule has 3 aromatic rings. The third kappa shape index (κ3) is 2.18. The van der Waals surface area contributed by atoms with Gasteiger partial charge in [0.2, 0.25) is 0 Å². The molecular formula is C16H16ClN3. The lowest BCUT2D eigenvalue weighted by molar-refractivity contribution is 0.588. The monoisotopic (exact) mass is 285 g/mol. The molecule has 0 amide bonds. The van der Waals surface area contributed by atoms with Crippen LogP contribution in [0.25, 0.3) is 11.0 Å². The van der Waals surface area contributed by atoms with Crippen LogP contribution in [0.1, 0.15) is 36.7 Å². The Hall–Kier alpha value is -1.87. The topological polar surface area (TPSA) is 30.7 Å². The van der Waals surface area contributed by atoms with Gasteiger partial charge in [-0.25, -0.2) is 4.98 Å². The Morgan fingerprint density at radius 3 is 2.55 bits per heavy atom. The molecule has 0 spiro atoms. The zero-order chi connectivity index (χ0) is 14.1. The summed E-state index contributed by atoms with van der Waals surface area (Å²) in [5.41, 5.74) is 3.02. The molecule has 0 N–H and O–H groups in total. The van der Waals surface area contributed by atoms with E-state index < -0.39 is 0 Å². The van der Waals surface area contributed by atoms with Gasteiger partial charge < -0.3 is 4.57 Å². The summed E-state index contributed by atoms with van der Waals surface area (Å²) in [7, 11) is 0. The fourth-order valence-electron chi connectivity index (χ4n) is 2.46. The molecule has 102 valence electrons. The van der Waals surface area contributed by atoms with Crippen LogP contribution in [-0.4, -0.2) is 14.5 Å². The first-order valence-corrected chi connectivity index (χ1v) is 7.13. The number of fused-ring (bicyclic) bond motifs is 1. The summed E-state index contributed by atoms with van der Waals surface area (Å²) in [6.45, 7) is 4.28. The highest BCUT2D eigenvalue weighted by Crippen LogP contribution is 2.32. The molecule has 0 bridgehead atoms. The van der Waals surface area contributed by atoms with Gasteiger partial charge in [-0.15, -0.1) is 11.6 Å². The maximum atomic E-state index is 6.65. The second kappa shape index (κ2) is 5.25. The van der Waals surface area contributed by atoms with E-state index in [1.54, 1.807) is 12.4 Å². The van der Waals surface area contributed by atoms with Crippen molar-refractivity contribution in [1.82, 2.24) is 14.5 Å². The number of alkyl halides is 1. The average Bonchev–Trinajstić information content (AvgIpc) is 2.86. The zero-order valence-electron chi connectivity index (χ0n) is 11.5. The number of nitrogens with zero attached hydrogens (tertiary/aromatic N) is 3. The molecule has 0 saturated carbocycles. The van der Waals surface area contributed by atoms with Gasteiger partial charge in [-0.3, -0.25) is 4.98 Å². The minimum Gasteiger partial charge on any atom is -0.324 e. The minimum absolute atomic E-state index is 0.258. The molecule has 3 rings (SSSR count). The van der Waals surface area contributed by atoms with E-state index in [2.05, 4.69) is 28.4 Å². The van der Waals surface area contributed by atoms with E-state index in [0.717, 1.165) is 22.4 Å². The summed E-state index contributed by atoms with van der Waals surface area (Å²) in [5.74, 6) is 0.871. The molecule has 1 atom stereocenters. The van der Waals surface area contributed by atoms with Gasteiger partial charge in [0.25, 0.3) is 0 Å². The first-order chi connectivity index (χ1) is 9.68. The predicted octanol–water partition coefficient (Wildman–Crippen LogP) is 4.34. The predicted molar refractivity (Wildman–Crippen MR) is 82.1 cm³/mol. The lowest BCUT2D eigenvalue weighted by atomic mass is 10.1. The molecule has 4 heteroatoms. The Balaban J connectivity index is 2.18. The van der Waals surface area contributed by atoms with Crippen molar-refractivity contribution < 1.29 is 0 Å². The number of benzene rings is 1. The van der Waals surface area contributed by atoms with Crippen LogP contribution in [0.15, 0.2) is 48.8 Å². The molecular weight excluding hydrogens is 270 g/mol. The van der Waals surface area contributed by atoms with Gasteiger partial charge in [-0.1, -0.05) is 30.3 Å². The van der Waals surface area contributed by atoms with Crippen LogP contribution >= 0.6 is 11.6 Å². The summed E-state index contributed by atoms with van der Waals surface area (Å²) >= 11 is 6.65. The van der Waals surface area contributed by atoms with E-state index in [1.807, 2.05) is 36.4 Å². The van der Waals surface area contributed by atoms with Crippen molar-refractivity contribution in [3.05, 3.63) is 60.2 Å². The largest absolute Gasteiger partial charge is 0.324 e. The average molecular weight is 286 g/mol. The second-order valence-corrected chi connectivity index (χ2v) is 5.51. The van der Waals surface area contributed by atoms with Crippen LogP contribution in [0, 0.1) is 0 Å². The Kier molecular flexibility index (Phi) is 3.45. The van der Waals surface area contributed by atoms with Crippen molar-refractivity contribution in [3.8, 4) is 0 Å². The Labute approximate surface area is 123 Å². The van der Waals surface area contributed by atoms with E-state index in [0.29, 0.717) is 6.04 Å². The maximum Gasteiger partial charge on any atom is 0.132 e. The van der Waals surface area contributed by atoms with Crippen molar-refractivity contribution in [2.75, 3.05) is 0 Å². The molecule has 2 aromatic heterocycles. The van der Waals surface area contributed by atoms with Gasteiger partial charge in [-0.2, -0.15) is 0 Å². The number of halogens is 1. The standard InChI is InChI=1S/C16H16ClN3/c1-11(2)20-14-8-9-18-10-13(14)19-16(20)15(17)12-6-4-3-5-7-12/h3-11,15H,1-2H3. The minimum atomic E-state index is -0.258. The van der Waals surface area contributed by atoms with Gasteiger partial charge in [0.1, 0.15) is 16.7 Å². The Morgan fingerprint density at radius 1 is 1.10 bits per heavy atom. The highest BCUT2D eigenvalue weighted by atomic mass is 35.5.